The predicted octanol–water partition coefficient (Wildman–Crippen LogP) is 3.61. The molecule has 0 aliphatic carbocycles. The van der Waals surface area contributed by atoms with Crippen LogP contribution in [0.4, 0.5) is 0 Å². The molecule has 1 heterocycles. The summed E-state index contributed by atoms with van der Waals surface area (Å²) < 4.78 is 2.13. The maximum Gasteiger partial charge on any atom is 0.249 e. The van der Waals surface area contributed by atoms with Gasteiger partial charge in [0.25, 0.3) is 0 Å². The largest absolute Gasteiger partial charge is 0.366 e. The molecule has 4 rings (SSSR count). The molecule has 2 N–H and O–H groups in total. The summed E-state index contributed by atoms with van der Waals surface area (Å²) in [5, 5.41) is 10.8. The van der Waals surface area contributed by atoms with Crippen LogP contribution in [0, 0.1) is 17.4 Å². The number of hydrogen-bond donors (Lipinski definition) is 1. The van der Waals surface area contributed by atoms with Crippen LogP contribution in [0.2, 0.25) is 0 Å². The van der Waals surface area contributed by atoms with Gasteiger partial charge in [-0.05, 0) is 42.0 Å². The van der Waals surface area contributed by atoms with Crippen molar-refractivity contribution in [2.75, 3.05) is 0 Å². The molecule has 3 aromatic carbocycles. The number of rotatable bonds is 3. The highest BCUT2D eigenvalue weighted by atomic mass is 16.1. The second kappa shape index (κ2) is 5.81. The number of nitrogens with two attached hydrogens (primary N) is 1. The Morgan fingerprint density at radius 2 is 1.92 bits per heavy atom. The predicted molar refractivity (Wildman–Crippen MR) is 97.1 cm³/mol. The number of nitriles is 1. The third-order valence-electron chi connectivity index (χ3n) is 4.37. The molecule has 0 aliphatic heterocycles. The lowest BCUT2D eigenvalue weighted by Crippen LogP contribution is -2.11. The summed E-state index contributed by atoms with van der Waals surface area (Å²) in [5.41, 5.74) is 9.62. The minimum atomic E-state index is -0.451. The van der Waals surface area contributed by atoms with Crippen LogP contribution in [0.5, 0.6) is 0 Å². The molecule has 0 saturated carbocycles. The molecule has 0 unspecified atom stereocenters. The van der Waals surface area contributed by atoms with E-state index in [1.54, 1.807) is 12.1 Å². The van der Waals surface area contributed by atoms with Gasteiger partial charge in [0.15, 0.2) is 0 Å². The van der Waals surface area contributed by atoms with Crippen molar-refractivity contribution in [3.05, 3.63) is 83.4 Å². The van der Waals surface area contributed by atoms with Gasteiger partial charge < -0.3 is 10.3 Å². The molecule has 0 aliphatic rings. The number of carbonyl (C=O) groups is 1. The molecule has 1 aromatic heterocycles. The summed E-state index contributed by atoms with van der Waals surface area (Å²) in [5.74, 6) is -0.451. The number of fused-ring (bicyclic) bond motifs is 3. The lowest BCUT2D eigenvalue weighted by Gasteiger charge is -2.08. The number of carbonyl (C=O) groups excluding carboxylic acids is 1. The van der Waals surface area contributed by atoms with Gasteiger partial charge in [-0.25, -0.2) is 0 Å². The van der Waals surface area contributed by atoms with Crippen LogP contribution in [-0.2, 0) is 6.54 Å². The van der Waals surface area contributed by atoms with Gasteiger partial charge in [-0.3, -0.25) is 4.79 Å². The van der Waals surface area contributed by atoms with Crippen molar-refractivity contribution >= 4 is 27.7 Å². The normalized spacial score (nSPS) is 10.8. The second-order valence-corrected chi connectivity index (χ2v) is 5.89. The SMILES string of the molecule is N#Cc1cccc(Cn2c3ccc[c]c3c3c(C(N)=O)cccc32)c1. The standard InChI is InChI=1S/C21H14N3O/c22-12-14-5-3-6-15(11-14)13-24-18-9-2-1-7-16(18)20-17(21(23)25)8-4-10-19(20)24/h1-6,8-11H,13H2,(H2,23,25). The summed E-state index contributed by atoms with van der Waals surface area (Å²) >= 11 is 0. The smallest absolute Gasteiger partial charge is 0.249 e. The molecular formula is C21H14N3O. The number of nitrogens with zero attached hydrogens (tertiary/aromatic N) is 2. The Balaban J connectivity index is 2.01. The van der Waals surface area contributed by atoms with Gasteiger partial charge in [0.2, 0.25) is 5.91 Å². The molecule has 0 atom stereocenters. The summed E-state index contributed by atoms with van der Waals surface area (Å²) in [7, 11) is 0. The highest BCUT2D eigenvalue weighted by Crippen LogP contribution is 2.31. The molecule has 4 heteroatoms. The third-order valence-corrected chi connectivity index (χ3v) is 4.37. The molecule has 1 amide bonds. The topological polar surface area (TPSA) is 71.8 Å². The fourth-order valence-electron chi connectivity index (χ4n) is 3.31. The van der Waals surface area contributed by atoms with Gasteiger partial charge in [-0.15, -0.1) is 0 Å². The number of hydrogen-bond acceptors (Lipinski definition) is 2. The Morgan fingerprint density at radius 1 is 1.12 bits per heavy atom. The van der Waals surface area contributed by atoms with E-state index in [0.717, 1.165) is 27.4 Å². The van der Waals surface area contributed by atoms with E-state index < -0.39 is 5.91 Å². The first-order valence-corrected chi connectivity index (χ1v) is 7.89. The fraction of sp³-hybridized carbons (Fsp3) is 0.0476. The highest BCUT2D eigenvalue weighted by Gasteiger charge is 2.16. The molecule has 119 valence electrons. The Bertz CT molecular complexity index is 1160. The van der Waals surface area contributed by atoms with Gasteiger partial charge in [0, 0.05) is 22.9 Å². The molecule has 1 radical (unpaired) electrons. The van der Waals surface area contributed by atoms with Crippen molar-refractivity contribution in [1.82, 2.24) is 4.57 Å². The number of primary amides is 1. The van der Waals surface area contributed by atoms with Crippen LogP contribution < -0.4 is 5.73 Å². The van der Waals surface area contributed by atoms with Crippen molar-refractivity contribution < 1.29 is 4.79 Å². The minimum Gasteiger partial charge on any atom is -0.366 e. The van der Waals surface area contributed by atoms with E-state index in [0.29, 0.717) is 17.7 Å². The van der Waals surface area contributed by atoms with Crippen molar-refractivity contribution in [2.45, 2.75) is 6.54 Å². The zero-order valence-corrected chi connectivity index (χ0v) is 13.4. The van der Waals surface area contributed by atoms with Gasteiger partial charge in [0.1, 0.15) is 0 Å². The van der Waals surface area contributed by atoms with Crippen LogP contribution in [0.1, 0.15) is 21.5 Å². The van der Waals surface area contributed by atoms with E-state index in [1.165, 1.54) is 0 Å². The lowest BCUT2D eigenvalue weighted by atomic mass is 10.1. The zero-order chi connectivity index (χ0) is 17.4. The van der Waals surface area contributed by atoms with Gasteiger partial charge in [-0.2, -0.15) is 5.26 Å². The monoisotopic (exact) mass is 324 g/mol. The molecular weight excluding hydrogens is 310 g/mol. The van der Waals surface area contributed by atoms with E-state index in [-0.39, 0.29) is 0 Å². The number of benzene rings is 3. The van der Waals surface area contributed by atoms with E-state index >= 15 is 0 Å². The zero-order valence-electron chi connectivity index (χ0n) is 13.4. The van der Waals surface area contributed by atoms with Crippen molar-refractivity contribution in [1.29, 1.82) is 5.26 Å². The van der Waals surface area contributed by atoms with E-state index in [2.05, 4.69) is 16.7 Å². The maximum absolute atomic E-state index is 11.9. The van der Waals surface area contributed by atoms with E-state index in [1.807, 2.05) is 48.5 Å². The Morgan fingerprint density at radius 3 is 2.72 bits per heavy atom. The minimum absolute atomic E-state index is 0.451. The Hall–Kier alpha value is -3.58. The van der Waals surface area contributed by atoms with Crippen LogP contribution >= 0.6 is 0 Å². The first-order valence-electron chi connectivity index (χ1n) is 7.89. The van der Waals surface area contributed by atoms with Crippen molar-refractivity contribution in [3.63, 3.8) is 0 Å². The molecule has 25 heavy (non-hydrogen) atoms. The molecule has 0 fully saturated rings. The quantitative estimate of drug-likeness (QED) is 0.625. The second-order valence-electron chi connectivity index (χ2n) is 5.89. The van der Waals surface area contributed by atoms with Gasteiger partial charge >= 0.3 is 0 Å². The first kappa shape index (κ1) is 15.0. The van der Waals surface area contributed by atoms with Gasteiger partial charge in [-0.1, -0.05) is 30.3 Å². The summed E-state index contributed by atoms with van der Waals surface area (Å²) in [4.78, 5) is 11.9. The third kappa shape index (κ3) is 2.43. The first-order chi connectivity index (χ1) is 12.2. The number of aromatic nitrogens is 1. The molecule has 0 bridgehead atoms. The summed E-state index contributed by atoms with van der Waals surface area (Å²) in [6.07, 6.45) is 0. The van der Waals surface area contributed by atoms with Crippen LogP contribution in [0.3, 0.4) is 0 Å². The average molecular weight is 324 g/mol. The average Bonchev–Trinajstić information content (AvgIpc) is 2.96. The number of amides is 1. The molecule has 4 nitrogen and oxygen atoms in total. The molecule has 0 spiro atoms. The van der Waals surface area contributed by atoms with E-state index in [4.69, 9.17) is 11.0 Å². The van der Waals surface area contributed by atoms with Crippen molar-refractivity contribution in [2.24, 2.45) is 5.73 Å². The van der Waals surface area contributed by atoms with Gasteiger partial charge in [0.05, 0.1) is 22.7 Å². The Labute approximate surface area is 144 Å². The summed E-state index contributed by atoms with van der Waals surface area (Å²) in [6, 6.07) is 24.3. The molecule has 0 saturated heterocycles. The lowest BCUT2D eigenvalue weighted by molar-refractivity contribution is 0.100. The molecule has 4 aromatic rings. The van der Waals surface area contributed by atoms with Crippen LogP contribution in [0.25, 0.3) is 21.8 Å². The van der Waals surface area contributed by atoms with Crippen LogP contribution in [0.15, 0.2) is 60.7 Å². The fourth-order valence-corrected chi connectivity index (χ4v) is 3.31. The van der Waals surface area contributed by atoms with Crippen molar-refractivity contribution in [3.8, 4) is 6.07 Å². The van der Waals surface area contributed by atoms with E-state index in [9.17, 15) is 4.79 Å². The highest BCUT2D eigenvalue weighted by molar-refractivity contribution is 6.17. The maximum atomic E-state index is 11.9. The summed E-state index contributed by atoms with van der Waals surface area (Å²) in [6.45, 7) is 0.593. The van der Waals surface area contributed by atoms with Crippen LogP contribution in [-0.4, -0.2) is 10.5 Å². The Kier molecular flexibility index (Phi) is 3.48.